The van der Waals surface area contributed by atoms with Crippen LogP contribution in [0.4, 0.5) is 4.39 Å². The van der Waals surface area contributed by atoms with Crippen LogP contribution in [0, 0.1) is 5.82 Å². The van der Waals surface area contributed by atoms with Gasteiger partial charge in [-0.1, -0.05) is 18.2 Å². The lowest BCUT2D eigenvalue weighted by Gasteiger charge is -2.26. The summed E-state index contributed by atoms with van der Waals surface area (Å²) in [5, 5.41) is 3.22. The summed E-state index contributed by atoms with van der Waals surface area (Å²) in [4.78, 5) is 2.11. The third-order valence-corrected chi connectivity index (χ3v) is 4.63. The largest absolute Gasteiger partial charge is 0.314 e. The number of hydrogen-bond acceptors (Lipinski definition) is 4. The Labute approximate surface area is 119 Å². The first-order valence-corrected chi connectivity index (χ1v) is 8.36. The van der Waals surface area contributed by atoms with Gasteiger partial charge in [-0.25, -0.2) is 17.5 Å². The highest BCUT2D eigenvalue weighted by molar-refractivity contribution is 7.89. The lowest BCUT2D eigenvalue weighted by Crippen LogP contribution is -2.45. The third kappa shape index (κ3) is 4.82. The Morgan fingerprint density at radius 3 is 2.65 bits per heavy atom. The van der Waals surface area contributed by atoms with E-state index in [0.717, 1.165) is 26.2 Å². The Bertz CT molecular complexity index is 530. The van der Waals surface area contributed by atoms with E-state index in [0.29, 0.717) is 12.1 Å². The van der Waals surface area contributed by atoms with Crippen molar-refractivity contribution in [2.75, 3.05) is 38.5 Å². The highest BCUT2D eigenvalue weighted by Gasteiger charge is 2.15. The molecule has 0 saturated carbocycles. The number of piperazine rings is 1. The first-order valence-electron chi connectivity index (χ1n) is 6.71. The monoisotopic (exact) mass is 301 g/mol. The van der Waals surface area contributed by atoms with E-state index < -0.39 is 15.8 Å². The van der Waals surface area contributed by atoms with Gasteiger partial charge in [0.15, 0.2) is 0 Å². The van der Waals surface area contributed by atoms with Crippen LogP contribution < -0.4 is 10.0 Å². The molecule has 2 rings (SSSR count). The van der Waals surface area contributed by atoms with Gasteiger partial charge in [-0.3, -0.25) is 4.90 Å². The Balaban J connectivity index is 1.80. The van der Waals surface area contributed by atoms with E-state index in [1.165, 1.54) is 6.07 Å². The molecule has 7 heteroatoms. The maximum Gasteiger partial charge on any atom is 0.213 e. The molecule has 0 aliphatic carbocycles. The fourth-order valence-electron chi connectivity index (χ4n) is 2.09. The minimum absolute atomic E-state index is 0.00341. The van der Waals surface area contributed by atoms with E-state index in [-0.39, 0.29) is 12.3 Å². The molecule has 1 aromatic carbocycles. The third-order valence-electron chi connectivity index (χ3n) is 3.33. The number of benzene rings is 1. The molecular weight excluding hydrogens is 281 g/mol. The molecule has 0 bridgehead atoms. The highest BCUT2D eigenvalue weighted by Crippen LogP contribution is 2.06. The standard InChI is InChI=1S/C13H20FN3O2S/c14-13-4-2-1-3-12(13)11-16-20(18,19)10-9-17-7-5-15-6-8-17/h1-4,15-16H,5-11H2. The predicted octanol–water partition coefficient (Wildman–Crippen LogP) is 0.150. The molecule has 112 valence electrons. The molecule has 0 atom stereocenters. The summed E-state index contributed by atoms with van der Waals surface area (Å²) in [6.07, 6.45) is 0. The number of nitrogens with zero attached hydrogens (tertiary/aromatic N) is 1. The SMILES string of the molecule is O=S(=O)(CCN1CCNCC1)NCc1ccccc1F. The molecule has 0 amide bonds. The Kier molecular flexibility index (Phi) is 5.47. The van der Waals surface area contributed by atoms with Gasteiger partial charge in [0.1, 0.15) is 5.82 Å². The smallest absolute Gasteiger partial charge is 0.213 e. The molecule has 20 heavy (non-hydrogen) atoms. The van der Waals surface area contributed by atoms with Gasteiger partial charge < -0.3 is 5.32 Å². The van der Waals surface area contributed by atoms with Crippen molar-refractivity contribution in [1.29, 1.82) is 0 Å². The van der Waals surface area contributed by atoms with Crippen molar-refractivity contribution in [3.8, 4) is 0 Å². The number of sulfonamides is 1. The molecule has 5 nitrogen and oxygen atoms in total. The second-order valence-electron chi connectivity index (χ2n) is 4.82. The molecule has 0 aromatic heterocycles. The summed E-state index contributed by atoms with van der Waals surface area (Å²) in [5.41, 5.74) is 0.359. The van der Waals surface area contributed by atoms with Crippen LogP contribution in [0.15, 0.2) is 24.3 Å². The van der Waals surface area contributed by atoms with Crippen molar-refractivity contribution in [2.45, 2.75) is 6.54 Å². The number of hydrogen-bond donors (Lipinski definition) is 2. The van der Waals surface area contributed by atoms with Crippen LogP contribution in [0.2, 0.25) is 0 Å². The van der Waals surface area contributed by atoms with Crippen molar-refractivity contribution in [2.24, 2.45) is 0 Å². The Hall–Kier alpha value is -1.02. The van der Waals surface area contributed by atoms with Gasteiger partial charge in [0.2, 0.25) is 10.0 Å². The van der Waals surface area contributed by atoms with E-state index in [9.17, 15) is 12.8 Å². The lowest BCUT2D eigenvalue weighted by atomic mass is 10.2. The van der Waals surface area contributed by atoms with E-state index in [1.807, 2.05) is 0 Å². The van der Waals surface area contributed by atoms with Gasteiger partial charge in [0, 0.05) is 44.8 Å². The maximum atomic E-state index is 13.4. The van der Waals surface area contributed by atoms with Gasteiger partial charge >= 0.3 is 0 Å². The zero-order valence-corrected chi connectivity index (χ0v) is 12.1. The minimum Gasteiger partial charge on any atom is -0.314 e. The fraction of sp³-hybridized carbons (Fsp3) is 0.538. The van der Waals surface area contributed by atoms with E-state index in [4.69, 9.17) is 0 Å². The van der Waals surface area contributed by atoms with Crippen molar-refractivity contribution < 1.29 is 12.8 Å². The summed E-state index contributed by atoms with van der Waals surface area (Å²) in [6, 6.07) is 6.17. The Morgan fingerprint density at radius 2 is 1.95 bits per heavy atom. The van der Waals surface area contributed by atoms with Gasteiger partial charge in [0.25, 0.3) is 0 Å². The summed E-state index contributed by atoms with van der Waals surface area (Å²) < 4.78 is 39.6. The topological polar surface area (TPSA) is 61.4 Å². The summed E-state index contributed by atoms with van der Waals surface area (Å²) >= 11 is 0. The first-order chi connectivity index (χ1) is 9.57. The van der Waals surface area contributed by atoms with E-state index >= 15 is 0 Å². The fourth-order valence-corrected chi connectivity index (χ4v) is 3.10. The molecule has 1 aromatic rings. The maximum absolute atomic E-state index is 13.4. The second-order valence-corrected chi connectivity index (χ2v) is 6.75. The zero-order valence-electron chi connectivity index (χ0n) is 11.3. The van der Waals surface area contributed by atoms with Crippen LogP contribution >= 0.6 is 0 Å². The molecule has 1 aliphatic rings. The average Bonchev–Trinajstić information content (AvgIpc) is 2.46. The summed E-state index contributed by atoms with van der Waals surface area (Å²) in [7, 11) is -3.37. The zero-order chi connectivity index (χ0) is 14.4. The van der Waals surface area contributed by atoms with Gasteiger partial charge in [0.05, 0.1) is 5.75 Å². The van der Waals surface area contributed by atoms with Crippen LogP contribution in [-0.2, 0) is 16.6 Å². The minimum atomic E-state index is -3.37. The van der Waals surface area contributed by atoms with E-state index in [1.54, 1.807) is 18.2 Å². The molecule has 0 unspecified atom stereocenters. The van der Waals surface area contributed by atoms with E-state index in [2.05, 4.69) is 14.9 Å². The second kappa shape index (κ2) is 7.12. The average molecular weight is 301 g/mol. The first kappa shape index (κ1) is 15.4. The number of nitrogens with one attached hydrogen (secondary N) is 2. The molecular formula is C13H20FN3O2S. The quantitative estimate of drug-likeness (QED) is 0.785. The number of rotatable bonds is 6. The van der Waals surface area contributed by atoms with Crippen molar-refractivity contribution in [3.05, 3.63) is 35.6 Å². The molecule has 0 radical (unpaired) electrons. The molecule has 0 spiro atoms. The van der Waals surface area contributed by atoms with Crippen LogP contribution in [0.5, 0.6) is 0 Å². The molecule has 1 heterocycles. The van der Waals surface area contributed by atoms with Crippen LogP contribution in [0.1, 0.15) is 5.56 Å². The van der Waals surface area contributed by atoms with Crippen LogP contribution in [-0.4, -0.2) is 51.8 Å². The van der Waals surface area contributed by atoms with Gasteiger partial charge in [-0.2, -0.15) is 0 Å². The van der Waals surface area contributed by atoms with Crippen LogP contribution in [0.25, 0.3) is 0 Å². The van der Waals surface area contributed by atoms with Gasteiger partial charge in [-0.05, 0) is 6.07 Å². The normalized spacial score (nSPS) is 17.2. The van der Waals surface area contributed by atoms with Crippen molar-refractivity contribution in [3.63, 3.8) is 0 Å². The molecule has 1 saturated heterocycles. The molecule has 2 N–H and O–H groups in total. The summed E-state index contributed by atoms with van der Waals surface area (Å²) in [6.45, 7) is 4.02. The van der Waals surface area contributed by atoms with Gasteiger partial charge in [-0.15, -0.1) is 0 Å². The number of halogens is 1. The summed E-state index contributed by atoms with van der Waals surface area (Å²) in [5.74, 6) is -0.348. The van der Waals surface area contributed by atoms with Crippen molar-refractivity contribution >= 4 is 10.0 Å². The van der Waals surface area contributed by atoms with Crippen LogP contribution in [0.3, 0.4) is 0 Å². The van der Waals surface area contributed by atoms with Crippen molar-refractivity contribution in [1.82, 2.24) is 14.9 Å². The lowest BCUT2D eigenvalue weighted by molar-refractivity contribution is 0.253. The molecule has 1 fully saturated rings. The highest BCUT2D eigenvalue weighted by atomic mass is 32.2. The molecule has 1 aliphatic heterocycles. The Morgan fingerprint density at radius 1 is 1.25 bits per heavy atom. The predicted molar refractivity (Wildman–Crippen MR) is 76.3 cm³/mol.